The Kier molecular flexibility index (Phi) is 6.66. The van der Waals surface area contributed by atoms with Crippen LogP contribution in [-0.4, -0.2) is 34.8 Å². The van der Waals surface area contributed by atoms with Crippen LogP contribution in [0.1, 0.15) is 70.4 Å². The number of benzene rings is 1. The molecule has 2 heterocycles. The summed E-state index contributed by atoms with van der Waals surface area (Å²) in [7, 11) is 0. The molecule has 1 saturated heterocycles. The van der Waals surface area contributed by atoms with Crippen LogP contribution in [-0.2, 0) is 9.53 Å². The van der Waals surface area contributed by atoms with E-state index in [0.717, 1.165) is 42.7 Å². The molecule has 174 valence electrons. The SMILES string of the molecule is Cc1ncc(-c2cccc(F)c2C)c(N2CCC(C)(C)CC2)c1C(OC(C)(C)C)C(=O)O. The molecule has 1 aromatic carbocycles. The third-order valence-corrected chi connectivity index (χ3v) is 6.24. The van der Waals surface area contributed by atoms with Crippen LogP contribution in [0.3, 0.4) is 0 Å². The second-order valence-electron chi connectivity index (χ2n) is 10.5. The van der Waals surface area contributed by atoms with Crippen molar-refractivity contribution in [2.24, 2.45) is 5.41 Å². The predicted octanol–water partition coefficient (Wildman–Crippen LogP) is 6.07. The van der Waals surface area contributed by atoms with Gasteiger partial charge in [-0.05, 0) is 70.1 Å². The maximum atomic E-state index is 14.5. The van der Waals surface area contributed by atoms with Crippen LogP contribution in [0.2, 0.25) is 0 Å². The lowest BCUT2D eigenvalue weighted by atomic mass is 9.82. The van der Waals surface area contributed by atoms with Crippen molar-refractivity contribution in [2.45, 2.75) is 73.0 Å². The summed E-state index contributed by atoms with van der Waals surface area (Å²) in [6.07, 6.45) is 2.52. The molecule has 0 bridgehead atoms. The van der Waals surface area contributed by atoms with Crippen molar-refractivity contribution in [2.75, 3.05) is 18.0 Å². The van der Waals surface area contributed by atoms with E-state index in [0.29, 0.717) is 16.8 Å². The number of hydrogen-bond acceptors (Lipinski definition) is 4. The van der Waals surface area contributed by atoms with Crippen LogP contribution >= 0.6 is 0 Å². The standard InChI is InChI=1S/C26H35FN2O3/c1-16-18(9-8-10-20(16)27)19-15-28-17(2)21(23(24(30)31)32-25(3,4)5)22(19)29-13-11-26(6,7)12-14-29/h8-10,15,23H,11-14H2,1-7H3,(H,30,31). The third kappa shape index (κ3) is 5.12. The average molecular weight is 443 g/mol. The largest absolute Gasteiger partial charge is 0.479 e. The Bertz CT molecular complexity index is 1000. The van der Waals surface area contributed by atoms with Crippen molar-refractivity contribution in [3.63, 3.8) is 0 Å². The molecule has 32 heavy (non-hydrogen) atoms. The molecule has 0 spiro atoms. The fourth-order valence-electron chi connectivity index (χ4n) is 4.28. The number of rotatable bonds is 5. The summed E-state index contributed by atoms with van der Waals surface area (Å²) < 4.78 is 20.5. The Morgan fingerprint density at radius 3 is 2.38 bits per heavy atom. The minimum atomic E-state index is -1.18. The number of carboxylic acid groups (broad SMARTS) is 1. The van der Waals surface area contributed by atoms with Crippen molar-refractivity contribution in [1.29, 1.82) is 0 Å². The molecular weight excluding hydrogens is 407 g/mol. The summed E-state index contributed by atoms with van der Waals surface area (Å²) in [5.74, 6) is -1.35. The zero-order valence-electron chi connectivity index (χ0n) is 20.3. The summed E-state index contributed by atoms with van der Waals surface area (Å²) >= 11 is 0. The highest BCUT2D eigenvalue weighted by molar-refractivity contribution is 5.87. The Morgan fingerprint density at radius 1 is 1.19 bits per heavy atom. The van der Waals surface area contributed by atoms with Gasteiger partial charge in [0.15, 0.2) is 6.10 Å². The van der Waals surface area contributed by atoms with Gasteiger partial charge >= 0.3 is 5.97 Å². The first-order chi connectivity index (χ1) is 14.8. The third-order valence-electron chi connectivity index (χ3n) is 6.24. The first-order valence-corrected chi connectivity index (χ1v) is 11.2. The van der Waals surface area contributed by atoms with Gasteiger partial charge in [0.05, 0.1) is 11.3 Å². The number of carboxylic acids is 1. The lowest BCUT2D eigenvalue weighted by Crippen LogP contribution is -2.39. The summed E-state index contributed by atoms with van der Waals surface area (Å²) in [4.78, 5) is 19.2. The van der Waals surface area contributed by atoms with E-state index in [2.05, 4.69) is 23.7 Å². The normalized spacial score (nSPS) is 17.3. The number of piperidine rings is 1. The van der Waals surface area contributed by atoms with Crippen molar-refractivity contribution in [3.05, 3.63) is 47.0 Å². The number of carbonyl (C=O) groups is 1. The van der Waals surface area contributed by atoms with Gasteiger partial charge in [-0.1, -0.05) is 26.0 Å². The number of pyridine rings is 1. The quantitative estimate of drug-likeness (QED) is 0.609. The number of ether oxygens (including phenoxy) is 1. The van der Waals surface area contributed by atoms with E-state index in [9.17, 15) is 14.3 Å². The number of aromatic nitrogens is 1. The topological polar surface area (TPSA) is 62.7 Å². The smallest absolute Gasteiger partial charge is 0.337 e. The second kappa shape index (κ2) is 8.81. The maximum Gasteiger partial charge on any atom is 0.337 e. The zero-order chi connectivity index (χ0) is 23.8. The fourth-order valence-corrected chi connectivity index (χ4v) is 4.28. The molecule has 0 saturated carbocycles. The van der Waals surface area contributed by atoms with E-state index in [1.807, 2.05) is 33.8 Å². The number of anilines is 1. The van der Waals surface area contributed by atoms with Crippen LogP contribution in [0.25, 0.3) is 11.1 Å². The van der Waals surface area contributed by atoms with Gasteiger partial charge in [-0.15, -0.1) is 0 Å². The molecule has 1 fully saturated rings. The van der Waals surface area contributed by atoms with Crippen LogP contribution in [0.15, 0.2) is 24.4 Å². The first-order valence-electron chi connectivity index (χ1n) is 11.2. The van der Waals surface area contributed by atoms with Crippen molar-refractivity contribution >= 4 is 11.7 Å². The Morgan fingerprint density at radius 2 is 1.81 bits per heavy atom. The molecular formula is C26H35FN2O3. The number of aryl methyl sites for hydroxylation is 1. The van der Waals surface area contributed by atoms with Gasteiger partial charge in [0.1, 0.15) is 5.82 Å². The second-order valence-corrected chi connectivity index (χ2v) is 10.5. The minimum absolute atomic E-state index is 0.224. The van der Waals surface area contributed by atoms with Crippen molar-refractivity contribution < 1.29 is 19.0 Å². The zero-order valence-corrected chi connectivity index (χ0v) is 20.3. The van der Waals surface area contributed by atoms with Gasteiger partial charge in [0.25, 0.3) is 0 Å². The summed E-state index contributed by atoms with van der Waals surface area (Å²) in [6.45, 7) is 15.2. The lowest BCUT2D eigenvalue weighted by Gasteiger charge is -2.41. The van der Waals surface area contributed by atoms with Gasteiger partial charge in [-0.25, -0.2) is 9.18 Å². The van der Waals surface area contributed by atoms with E-state index >= 15 is 0 Å². The van der Waals surface area contributed by atoms with E-state index in [4.69, 9.17) is 4.74 Å². The maximum absolute atomic E-state index is 14.5. The molecule has 5 nitrogen and oxygen atoms in total. The molecule has 1 atom stereocenters. The Balaban J connectivity index is 2.28. The molecule has 6 heteroatoms. The van der Waals surface area contributed by atoms with E-state index in [1.54, 1.807) is 19.2 Å². The molecule has 2 aromatic rings. The summed E-state index contributed by atoms with van der Waals surface area (Å²) in [5.41, 5.74) is 3.49. The Hall–Kier alpha value is -2.47. The van der Waals surface area contributed by atoms with Crippen molar-refractivity contribution in [3.8, 4) is 11.1 Å². The van der Waals surface area contributed by atoms with E-state index in [1.165, 1.54) is 6.07 Å². The highest BCUT2D eigenvalue weighted by Crippen LogP contribution is 2.44. The number of halogens is 1. The molecule has 3 rings (SSSR count). The highest BCUT2D eigenvalue weighted by Gasteiger charge is 2.36. The molecule has 1 N–H and O–H groups in total. The fraction of sp³-hybridized carbons (Fsp3) is 0.538. The molecule has 1 aromatic heterocycles. The molecule has 1 aliphatic rings. The summed E-state index contributed by atoms with van der Waals surface area (Å²) in [6, 6.07) is 4.99. The van der Waals surface area contributed by atoms with Crippen molar-refractivity contribution in [1.82, 2.24) is 4.98 Å². The molecule has 0 aliphatic carbocycles. The van der Waals surface area contributed by atoms with Gasteiger partial charge in [-0.3, -0.25) is 4.98 Å². The van der Waals surface area contributed by atoms with Gasteiger partial charge in [0, 0.05) is 36.1 Å². The molecule has 0 radical (unpaired) electrons. The Labute approximate surface area is 190 Å². The van der Waals surface area contributed by atoms with Crippen LogP contribution in [0.4, 0.5) is 10.1 Å². The lowest BCUT2D eigenvalue weighted by molar-refractivity contribution is -0.160. The highest BCUT2D eigenvalue weighted by atomic mass is 19.1. The first kappa shape index (κ1) is 24.2. The molecule has 0 amide bonds. The van der Waals surface area contributed by atoms with Gasteiger partial charge in [0.2, 0.25) is 0 Å². The summed E-state index contributed by atoms with van der Waals surface area (Å²) in [5, 5.41) is 10.1. The number of hydrogen-bond donors (Lipinski definition) is 1. The van der Waals surface area contributed by atoms with Gasteiger partial charge in [-0.2, -0.15) is 0 Å². The predicted molar refractivity (Wildman–Crippen MR) is 126 cm³/mol. The van der Waals surface area contributed by atoms with Crippen LogP contribution in [0.5, 0.6) is 0 Å². The monoisotopic (exact) mass is 442 g/mol. The number of nitrogens with zero attached hydrogens (tertiary/aromatic N) is 2. The molecule has 1 aliphatic heterocycles. The molecule has 1 unspecified atom stereocenters. The van der Waals surface area contributed by atoms with Crippen LogP contribution < -0.4 is 4.90 Å². The van der Waals surface area contributed by atoms with E-state index < -0.39 is 17.7 Å². The van der Waals surface area contributed by atoms with Crippen LogP contribution in [0, 0.1) is 25.1 Å². The minimum Gasteiger partial charge on any atom is -0.479 e. The van der Waals surface area contributed by atoms with Gasteiger partial charge < -0.3 is 14.7 Å². The number of aliphatic carboxylic acids is 1. The average Bonchev–Trinajstić information content (AvgIpc) is 2.68. The van der Waals surface area contributed by atoms with E-state index in [-0.39, 0.29) is 11.2 Å².